The molecule has 0 N–H and O–H groups in total. The number of rotatable bonds is 6. The summed E-state index contributed by atoms with van der Waals surface area (Å²) in [5.74, 6) is -0.365. The Labute approximate surface area is 98.8 Å². The van der Waals surface area contributed by atoms with Gasteiger partial charge in [-0.05, 0) is 41.0 Å². The first-order valence-electron chi connectivity index (χ1n) is 5.75. The molecule has 0 aliphatic heterocycles. The molecule has 0 aromatic rings. The summed E-state index contributed by atoms with van der Waals surface area (Å²) in [6.45, 7) is 14.9. The summed E-state index contributed by atoms with van der Waals surface area (Å²) in [6.07, 6.45) is 0.817. The Morgan fingerprint density at radius 2 is 1.88 bits per heavy atom. The van der Waals surface area contributed by atoms with Gasteiger partial charge in [-0.25, -0.2) is 4.79 Å². The van der Waals surface area contributed by atoms with E-state index in [2.05, 4.69) is 6.58 Å². The summed E-state index contributed by atoms with van der Waals surface area (Å²) in [5.41, 5.74) is -0.220. The Bertz CT molecular complexity index is 254. The molecule has 0 unspecified atom stereocenters. The van der Waals surface area contributed by atoms with Crippen LogP contribution in [0.5, 0.6) is 0 Å². The molecule has 3 nitrogen and oxygen atoms in total. The van der Waals surface area contributed by atoms with Gasteiger partial charge in [-0.15, -0.1) is 0 Å². The van der Waals surface area contributed by atoms with Crippen LogP contribution in [0.2, 0.25) is 0 Å². The van der Waals surface area contributed by atoms with Gasteiger partial charge in [-0.2, -0.15) is 0 Å². The van der Waals surface area contributed by atoms with Gasteiger partial charge in [-0.1, -0.05) is 13.5 Å². The largest absolute Gasteiger partial charge is 0.454 e. The summed E-state index contributed by atoms with van der Waals surface area (Å²) in [4.78, 5) is 11.5. The number of carbonyl (C=O) groups is 1. The second-order valence-corrected chi connectivity index (χ2v) is 4.86. The van der Waals surface area contributed by atoms with Crippen molar-refractivity contribution in [3.63, 3.8) is 0 Å². The summed E-state index contributed by atoms with van der Waals surface area (Å²) < 4.78 is 11.1. The molecule has 0 saturated heterocycles. The zero-order chi connectivity index (χ0) is 12.9. The topological polar surface area (TPSA) is 35.5 Å². The van der Waals surface area contributed by atoms with Gasteiger partial charge in [0.15, 0.2) is 0 Å². The monoisotopic (exact) mass is 228 g/mol. The van der Waals surface area contributed by atoms with Gasteiger partial charge in [-0.3, -0.25) is 0 Å². The molecule has 1 atom stereocenters. The predicted molar refractivity (Wildman–Crippen MR) is 65.3 cm³/mol. The number of ether oxygens (including phenoxy) is 2. The van der Waals surface area contributed by atoms with Crippen molar-refractivity contribution in [2.24, 2.45) is 0 Å². The van der Waals surface area contributed by atoms with Gasteiger partial charge in [0.2, 0.25) is 0 Å². The van der Waals surface area contributed by atoms with Crippen LogP contribution in [0.3, 0.4) is 0 Å². The van der Waals surface area contributed by atoms with E-state index in [-0.39, 0.29) is 18.2 Å². The lowest BCUT2D eigenvalue weighted by Crippen LogP contribution is -2.43. The number of carbonyl (C=O) groups excluding carboxylic acids is 1. The van der Waals surface area contributed by atoms with Crippen molar-refractivity contribution in [3.05, 3.63) is 12.2 Å². The SMILES string of the molecule is C=C(C)C(=O)OC(C)(C)[C@@H](CC)OC(C)C. The number of hydrogen-bond acceptors (Lipinski definition) is 3. The van der Waals surface area contributed by atoms with Gasteiger partial charge < -0.3 is 9.47 Å². The lowest BCUT2D eigenvalue weighted by molar-refractivity contribution is -0.172. The molecule has 0 spiro atoms. The van der Waals surface area contributed by atoms with E-state index in [1.165, 1.54) is 0 Å². The average Bonchev–Trinajstić information content (AvgIpc) is 2.12. The molecule has 0 aromatic heterocycles. The highest BCUT2D eigenvalue weighted by atomic mass is 16.6. The van der Waals surface area contributed by atoms with Crippen LogP contribution in [0.15, 0.2) is 12.2 Å². The zero-order valence-electron chi connectivity index (χ0n) is 11.3. The molecule has 16 heavy (non-hydrogen) atoms. The molecule has 0 fully saturated rings. The first kappa shape index (κ1) is 15.2. The summed E-state index contributed by atoms with van der Waals surface area (Å²) >= 11 is 0. The highest BCUT2D eigenvalue weighted by Gasteiger charge is 2.33. The van der Waals surface area contributed by atoms with Gasteiger partial charge >= 0.3 is 5.97 Å². The van der Waals surface area contributed by atoms with Gasteiger partial charge in [0.05, 0.1) is 12.2 Å². The van der Waals surface area contributed by atoms with E-state index in [9.17, 15) is 4.79 Å². The molecule has 0 bridgehead atoms. The lowest BCUT2D eigenvalue weighted by atomic mass is 9.98. The quantitative estimate of drug-likeness (QED) is 0.517. The number of esters is 1. The molecule has 3 heteroatoms. The van der Waals surface area contributed by atoms with E-state index >= 15 is 0 Å². The highest BCUT2D eigenvalue weighted by molar-refractivity contribution is 5.87. The Balaban J connectivity index is 4.59. The van der Waals surface area contributed by atoms with E-state index in [0.717, 1.165) is 6.42 Å². The fourth-order valence-electron chi connectivity index (χ4n) is 1.47. The predicted octanol–water partition coefficient (Wildman–Crippen LogP) is 3.09. The van der Waals surface area contributed by atoms with Crippen LogP contribution in [0, 0.1) is 0 Å². The van der Waals surface area contributed by atoms with E-state index < -0.39 is 5.60 Å². The van der Waals surface area contributed by atoms with Crippen molar-refractivity contribution in [1.29, 1.82) is 0 Å². The minimum atomic E-state index is -0.630. The average molecular weight is 228 g/mol. The summed E-state index contributed by atoms with van der Waals surface area (Å²) in [7, 11) is 0. The van der Waals surface area contributed by atoms with E-state index in [1.54, 1.807) is 6.92 Å². The van der Waals surface area contributed by atoms with Crippen molar-refractivity contribution < 1.29 is 14.3 Å². The van der Waals surface area contributed by atoms with E-state index in [1.807, 2.05) is 34.6 Å². The molecule has 0 radical (unpaired) electrons. The molecule has 0 rings (SSSR count). The maximum atomic E-state index is 11.5. The minimum absolute atomic E-state index is 0.101. The van der Waals surface area contributed by atoms with Crippen LogP contribution in [-0.4, -0.2) is 23.8 Å². The number of hydrogen-bond donors (Lipinski definition) is 0. The Hall–Kier alpha value is -0.830. The Morgan fingerprint density at radius 1 is 1.38 bits per heavy atom. The third-order valence-corrected chi connectivity index (χ3v) is 2.29. The van der Waals surface area contributed by atoms with Gasteiger partial charge in [0, 0.05) is 5.57 Å². The van der Waals surface area contributed by atoms with Crippen molar-refractivity contribution in [3.8, 4) is 0 Å². The zero-order valence-corrected chi connectivity index (χ0v) is 11.3. The summed E-state index contributed by atoms with van der Waals surface area (Å²) in [5, 5.41) is 0. The van der Waals surface area contributed by atoms with Gasteiger partial charge in [0.1, 0.15) is 5.60 Å². The van der Waals surface area contributed by atoms with Crippen LogP contribution < -0.4 is 0 Å². The van der Waals surface area contributed by atoms with Crippen LogP contribution in [0.1, 0.15) is 48.0 Å². The van der Waals surface area contributed by atoms with Crippen LogP contribution in [0.25, 0.3) is 0 Å². The smallest absolute Gasteiger partial charge is 0.333 e. The molecule has 0 amide bonds. The molecule has 0 heterocycles. The molecular weight excluding hydrogens is 204 g/mol. The highest BCUT2D eigenvalue weighted by Crippen LogP contribution is 2.23. The van der Waals surface area contributed by atoms with E-state index in [0.29, 0.717) is 5.57 Å². The minimum Gasteiger partial charge on any atom is -0.454 e. The standard InChI is InChI=1S/C13H24O3/c1-8-11(15-10(4)5)13(6,7)16-12(14)9(2)3/h10-11H,2,8H2,1,3-7H3/t11-/m1/s1. The molecule has 0 aromatic carbocycles. The molecule has 0 aliphatic rings. The van der Waals surface area contributed by atoms with Crippen LogP contribution in [0.4, 0.5) is 0 Å². The third-order valence-electron chi connectivity index (χ3n) is 2.29. The Morgan fingerprint density at radius 3 is 2.19 bits per heavy atom. The fourth-order valence-corrected chi connectivity index (χ4v) is 1.47. The second kappa shape index (κ2) is 6.04. The van der Waals surface area contributed by atoms with Gasteiger partial charge in [0.25, 0.3) is 0 Å². The molecule has 0 aliphatic carbocycles. The van der Waals surface area contributed by atoms with Crippen molar-refractivity contribution >= 4 is 5.97 Å². The maximum Gasteiger partial charge on any atom is 0.333 e. The van der Waals surface area contributed by atoms with Crippen LogP contribution in [-0.2, 0) is 14.3 Å². The fraction of sp³-hybridized carbons (Fsp3) is 0.769. The molecule has 0 saturated carbocycles. The molecule has 94 valence electrons. The van der Waals surface area contributed by atoms with Crippen molar-refractivity contribution in [1.82, 2.24) is 0 Å². The van der Waals surface area contributed by atoms with Crippen LogP contribution >= 0.6 is 0 Å². The van der Waals surface area contributed by atoms with Crippen molar-refractivity contribution in [2.45, 2.75) is 65.8 Å². The maximum absolute atomic E-state index is 11.5. The first-order valence-corrected chi connectivity index (χ1v) is 5.75. The van der Waals surface area contributed by atoms with E-state index in [4.69, 9.17) is 9.47 Å². The summed E-state index contributed by atoms with van der Waals surface area (Å²) in [6, 6.07) is 0. The molecular formula is C13H24O3. The first-order chi connectivity index (χ1) is 7.20. The third kappa shape index (κ3) is 4.79. The lowest BCUT2D eigenvalue weighted by Gasteiger charge is -2.34. The van der Waals surface area contributed by atoms with Crippen molar-refractivity contribution in [2.75, 3.05) is 0 Å². The normalized spacial score (nSPS) is 13.7. The Kier molecular flexibility index (Phi) is 5.73. The second-order valence-electron chi connectivity index (χ2n) is 4.86.